The number of nitrogens with zero attached hydrogens (tertiary/aromatic N) is 2. The molecule has 5 heteroatoms. The molecule has 0 atom stereocenters. The Balaban J connectivity index is 1.73. The lowest BCUT2D eigenvalue weighted by Crippen LogP contribution is -2.23. The van der Waals surface area contributed by atoms with Gasteiger partial charge in [0.15, 0.2) is 0 Å². The van der Waals surface area contributed by atoms with Gasteiger partial charge in [0.1, 0.15) is 0 Å². The first-order chi connectivity index (χ1) is 11.1. The third-order valence-electron chi connectivity index (χ3n) is 3.62. The summed E-state index contributed by atoms with van der Waals surface area (Å²) in [6, 6.07) is 17.1. The summed E-state index contributed by atoms with van der Waals surface area (Å²) >= 11 is 5.85. The van der Waals surface area contributed by atoms with Gasteiger partial charge in [0.25, 0.3) is 5.91 Å². The van der Waals surface area contributed by atoms with Crippen molar-refractivity contribution in [3.63, 3.8) is 0 Å². The van der Waals surface area contributed by atoms with Gasteiger partial charge in [-0.2, -0.15) is 5.10 Å². The van der Waals surface area contributed by atoms with E-state index in [9.17, 15) is 4.79 Å². The van der Waals surface area contributed by atoms with Gasteiger partial charge in [-0.05, 0) is 36.8 Å². The van der Waals surface area contributed by atoms with Crippen LogP contribution < -0.4 is 5.32 Å². The van der Waals surface area contributed by atoms with Crippen LogP contribution in [0.15, 0.2) is 60.8 Å². The van der Waals surface area contributed by atoms with Gasteiger partial charge in [0.05, 0.1) is 23.1 Å². The first-order valence-electron chi connectivity index (χ1n) is 7.28. The fourth-order valence-electron chi connectivity index (χ4n) is 2.34. The highest BCUT2D eigenvalue weighted by Gasteiger charge is 2.14. The van der Waals surface area contributed by atoms with Crippen LogP contribution in [0.3, 0.4) is 0 Å². The van der Waals surface area contributed by atoms with Crippen LogP contribution in [0.1, 0.15) is 21.6 Å². The lowest BCUT2D eigenvalue weighted by atomic mass is 10.2. The van der Waals surface area contributed by atoms with Crippen LogP contribution in [0.4, 0.5) is 0 Å². The molecule has 0 fully saturated rings. The van der Waals surface area contributed by atoms with Crippen molar-refractivity contribution in [2.24, 2.45) is 0 Å². The van der Waals surface area contributed by atoms with E-state index in [0.717, 1.165) is 16.9 Å². The van der Waals surface area contributed by atoms with Crippen LogP contribution in [-0.4, -0.2) is 15.7 Å². The smallest absolute Gasteiger partial charge is 0.255 e. The minimum Gasteiger partial charge on any atom is -0.348 e. The molecule has 0 saturated carbocycles. The summed E-state index contributed by atoms with van der Waals surface area (Å²) in [6.07, 6.45) is 1.60. The number of hydrogen-bond donors (Lipinski definition) is 1. The van der Waals surface area contributed by atoms with Crippen molar-refractivity contribution in [2.75, 3.05) is 0 Å². The molecule has 0 bridgehead atoms. The van der Waals surface area contributed by atoms with E-state index in [-0.39, 0.29) is 5.91 Å². The second-order valence-corrected chi connectivity index (χ2v) is 5.64. The second-order valence-electron chi connectivity index (χ2n) is 5.20. The van der Waals surface area contributed by atoms with E-state index in [1.807, 2.05) is 61.5 Å². The van der Waals surface area contributed by atoms with E-state index in [0.29, 0.717) is 17.1 Å². The van der Waals surface area contributed by atoms with Crippen molar-refractivity contribution in [3.8, 4) is 5.69 Å². The van der Waals surface area contributed by atoms with Crippen molar-refractivity contribution in [1.82, 2.24) is 15.1 Å². The quantitative estimate of drug-likeness (QED) is 0.793. The highest BCUT2D eigenvalue weighted by atomic mass is 35.5. The van der Waals surface area contributed by atoms with E-state index in [1.54, 1.807) is 10.9 Å². The maximum absolute atomic E-state index is 12.4. The van der Waals surface area contributed by atoms with Gasteiger partial charge in [-0.25, -0.2) is 4.68 Å². The molecule has 0 radical (unpaired) electrons. The molecule has 0 aliphatic rings. The van der Waals surface area contributed by atoms with Gasteiger partial charge in [-0.15, -0.1) is 0 Å². The van der Waals surface area contributed by atoms with Crippen molar-refractivity contribution in [3.05, 3.63) is 82.6 Å². The molecule has 1 amide bonds. The Kier molecular flexibility index (Phi) is 4.44. The molecule has 1 N–H and O–H groups in total. The Morgan fingerprint density at radius 3 is 2.52 bits per heavy atom. The number of aromatic nitrogens is 2. The molecule has 0 spiro atoms. The highest BCUT2D eigenvalue weighted by Crippen LogP contribution is 2.14. The Bertz CT molecular complexity index is 810. The zero-order valence-electron chi connectivity index (χ0n) is 12.7. The molecule has 0 saturated heterocycles. The summed E-state index contributed by atoms with van der Waals surface area (Å²) in [5, 5.41) is 7.90. The van der Waals surface area contributed by atoms with Gasteiger partial charge in [-0.3, -0.25) is 4.79 Å². The maximum Gasteiger partial charge on any atom is 0.255 e. The van der Waals surface area contributed by atoms with Gasteiger partial charge in [0, 0.05) is 11.6 Å². The first-order valence-corrected chi connectivity index (χ1v) is 7.65. The predicted molar refractivity (Wildman–Crippen MR) is 90.9 cm³/mol. The fraction of sp³-hybridized carbons (Fsp3) is 0.111. The molecule has 4 nitrogen and oxygen atoms in total. The summed E-state index contributed by atoms with van der Waals surface area (Å²) < 4.78 is 1.76. The zero-order chi connectivity index (χ0) is 16.2. The monoisotopic (exact) mass is 325 g/mol. The van der Waals surface area contributed by atoms with E-state index in [2.05, 4.69) is 10.4 Å². The number of benzene rings is 2. The molecule has 0 aliphatic carbocycles. The maximum atomic E-state index is 12.4. The topological polar surface area (TPSA) is 46.9 Å². The van der Waals surface area contributed by atoms with Gasteiger partial charge >= 0.3 is 0 Å². The van der Waals surface area contributed by atoms with Crippen molar-refractivity contribution >= 4 is 17.5 Å². The number of halogens is 1. The molecule has 116 valence electrons. The molecule has 1 aromatic heterocycles. The first kappa shape index (κ1) is 15.3. The zero-order valence-corrected chi connectivity index (χ0v) is 13.4. The second kappa shape index (κ2) is 6.67. The van der Waals surface area contributed by atoms with Crippen molar-refractivity contribution in [1.29, 1.82) is 0 Å². The molecule has 0 aliphatic heterocycles. The van der Waals surface area contributed by atoms with Crippen LogP contribution in [0.25, 0.3) is 5.69 Å². The molecule has 3 rings (SSSR count). The number of nitrogens with one attached hydrogen (secondary N) is 1. The number of rotatable bonds is 4. The molecule has 23 heavy (non-hydrogen) atoms. The minimum atomic E-state index is -0.139. The van der Waals surface area contributed by atoms with Gasteiger partial charge in [0.2, 0.25) is 0 Å². The summed E-state index contributed by atoms with van der Waals surface area (Å²) in [4.78, 5) is 12.4. The number of amides is 1. The number of carbonyl (C=O) groups is 1. The van der Waals surface area contributed by atoms with Crippen LogP contribution in [0.2, 0.25) is 5.02 Å². The third kappa shape index (κ3) is 3.43. The molecule has 3 aromatic rings. The Morgan fingerprint density at radius 2 is 1.83 bits per heavy atom. The highest BCUT2D eigenvalue weighted by molar-refractivity contribution is 6.30. The average Bonchev–Trinajstić information content (AvgIpc) is 2.96. The Morgan fingerprint density at radius 1 is 1.13 bits per heavy atom. The molecule has 0 unspecified atom stereocenters. The summed E-state index contributed by atoms with van der Waals surface area (Å²) in [6.45, 7) is 2.34. The van der Waals surface area contributed by atoms with E-state index in [1.165, 1.54) is 0 Å². The lowest BCUT2D eigenvalue weighted by molar-refractivity contribution is 0.0950. The lowest BCUT2D eigenvalue weighted by Gasteiger charge is -2.07. The summed E-state index contributed by atoms with van der Waals surface area (Å²) in [7, 11) is 0. The van der Waals surface area contributed by atoms with Gasteiger partial charge in [-0.1, -0.05) is 41.9 Å². The summed E-state index contributed by atoms with van der Waals surface area (Å²) in [5.41, 5.74) is 3.31. The van der Waals surface area contributed by atoms with E-state index < -0.39 is 0 Å². The van der Waals surface area contributed by atoms with Crippen LogP contribution >= 0.6 is 11.6 Å². The van der Waals surface area contributed by atoms with Crippen LogP contribution in [0, 0.1) is 6.92 Å². The van der Waals surface area contributed by atoms with Crippen LogP contribution in [0.5, 0.6) is 0 Å². The molecular formula is C18H16ClN3O. The van der Waals surface area contributed by atoms with Crippen LogP contribution in [-0.2, 0) is 6.54 Å². The predicted octanol–water partition coefficient (Wildman–Crippen LogP) is 3.76. The largest absolute Gasteiger partial charge is 0.348 e. The van der Waals surface area contributed by atoms with Gasteiger partial charge < -0.3 is 5.32 Å². The van der Waals surface area contributed by atoms with E-state index >= 15 is 0 Å². The number of carbonyl (C=O) groups excluding carboxylic acids is 1. The molecule has 1 heterocycles. The molecule has 2 aromatic carbocycles. The number of para-hydroxylation sites is 1. The average molecular weight is 326 g/mol. The Hall–Kier alpha value is -2.59. The normalized spacial score (nSPS) is 10.5. The minimum absolute atomic E-state index is 0.139. The number of hydrogen-bond acceptors (Lipinski definition) is 2. The summed E-state index contributed by atoms with van der Waals surface area (Å²) in [5.74, 6) is -0.139. The Labute approximate surface area is 139 Å². The molecular weight excluding hydrogens is 310 g/mol. The third-order valence-corrected chi connectivity index (χ3v) is 3.87. The standard InChI is InChI=1S/C18H16ClN3O/c1-13-17(12-21-22(13)16-5-3-2-4-6-16)18(23)20-11-14-7-9-15(19)10-8-14/h2-10,12H,11H2,1H3,(H,20,23). The SMILES string of the molecule is Cc1c(C(=O)NCc2ccc(Cl)cc2)cnn1-c1ccccc1. The van der Waals surface area contributed by atoms with E-state index in [4.69, 9.17) is 11.6 Å². The fourth-order valence-corrected chi connectivity index (χ4v) is 2.47. The van der Waals surface area contributed by atoms with Crippen molar-refractivity contribution < 1.29 is 4.79 Å². The van der Waals surface area contributed by atoms with Crippen molar-refractivity contribution in [2.45, 2.75) is 13.5 Å².